The third kappa shape index (κ3) is 14.3. The van der Waals surface area contributed by atoms with E-state index >= 15 is 0 Å². The zero-order chi connectivity index (χ0) is 62.5. The average Bonchev–Trinajstić information content (AvgIpc) is 3.41. The van der Waals surface area contributed by atoms with Crippen molar-refractivity contribution in [1.82, 2.24) is 0 Å². The van der Waals surface area contributed by atoms with Crippen LogP contribution in [0.4, 0.5) is 0 Å². The van der Waals surface area contributed by atoms with Gasteiger partial charge in [0.25, 0.3) is 0 Å². The summed E-state index contributed by atoms with van der Waals surface area (Å²) in [5.74, 6) is -1.27. The quantitative estimate of drug-likeness (QED) is 0.135. The van der Waals surface area contributed by atoms with E-state index < -0.39 is 38.7 Å². The van der Waals surface area contributed by atoms with Crippen molar-refractivity contribution in [3.63, 3.8) is 0 Å². The Hall–Kier alpha value is -6.52. The molecule has 0 aliphatic carbocycles. The van der Waals surface area contributed by atoms with E-state index in [1.807, 2.05) is 144 Å². The van der Waals surface area contributed by atoms with Crippen LogP contribution in [0.2, 0.25) is 0 Å². The molecule has 4 heterocycles. The van der Waals surface area contributed by atoms with Crippen molar-refractivity contribution in [2.75, 3.05) is 0 Å². The second-order valence-corrected chi connectivity index (χ2v) is 18.8. The highest BCUT2D eigenvalue weighted by Gasteiger charge is 2.17. The van der Waals surface area contributed by atoms with Gasteiger partial charge in [0, 0.05) is 86.6 Å². The standard InChI is InChI=1S/2C17H22N.2C16H20N/c1-12(2)15-7-8-16(14(4)10-15)17-9-6-13(3)11-18(17)5;1-12(2)15-7-9-17(18(5)11-15)16-8-6-13(3)10-14(16)4;2*1-5-14-7-9-16(17(4)11-14)15-8-6-12(2)10-13(15)3/h2*6-12H,1-5H3;2*6-11H,5H2,1-4H3/q4*+1/i2*3D3,12D;2D3,5D2;. The first-order chi connectivity index (χ1) is 38.1. The Balaban J connectivity index is 0.000000204. The van der Waals surface area contributed by atoms with Gasteiger partial charge in [-0.1, -0.05) is 107 Å². The molecule has 8 rings (SSSR count). The first-order valence-electron chi connectivity index (χ1n) is 30.5. The molecule has 4 aromatic heterocycles. The summed E-state index contributed by atoms with van der Waals surface area (Å²) in [6.07, 6.45) is 7.29. The Kier molecular flexibility index (Phi) is 13.6. The normalized spacial score (nSPS) is 14.6. The van der Waals surface area contributed by atoms with Crippen LogP contribution in [0, 0.1) is 55.2 Å². The molecule has 0 fully saturated rings. The van der Waals surface area contributed by atoms with Crippen LogP contribution in [0.5, 0.6) is 0 Å². The third-order valence-corrected chi connectivity index (χ3v) is 12.6. The van der Waals surface area contributed by atoms with E-state index in [0.29, 0.717) is 22.3 Å². The number of hydrogen-bond donors (Lipinski definition) is 0. The predicted molar refractivity (Wildman–Crippen MR) is 297 cm³/mol. The number of rotatable bonds is 8. The fraction of sp³-hybridized carbons (Fsp3) is 0.333. The second-order valence-electron chi connectivity index (χ2n) is 18.8. The first-order valence-corrected chi connectivity index (χ1v) is 24.0. The maximum Gasteiger partial charge on any atom is 0.212 e. The zero-order valence-corrected chi connectivity index (χ0v) is 44.4. The summed E-state index contributed by atoms with van der Waals surface area (Å²) in [4.78, 5) is 0. The minimum atomic E-state index is -2.10. The largest absolute Gasteiger partial charge is 0.212 e. The van der Waals surface area contributed by atoms with E-state index in [1.54, 1.807) is 48.8 Å². The summed E-state index contributed by atoms with van der Waals surface area (Å²) in [7, 11) is 7.78. The van der Waals surface area contributed by atoms with E-state index in [2.05, 4.69) is 68.9 Å². The maximum absolute atomic E-state index is 8.12. The van der Waals surface area contributed by atoms with Crippen molar-refractivity contribution >= 4 is 0 Å². The molecular weight excluding hydrogens is 849 g/mol. The number of pyridine rings is 4. The van der Waals surface area contributed by atoms with Gasteiger partial charge in [-0.05, 0) is 156 Å². The topological polar surface area (TPSA) is 15.5 Å². The Morgan fingerprint density at radius 1 is 0.400 bits per heavy atom. The smallest absolute Gasteiger partial charge is 0.201 e. The molecule has 0 saturated carbocycles. The Bertz CT molecular complexity index is 3100. The van der Waals surface area contributed by atoms with Crippen molar-refractivity contribution in [2.24, 2.45) is 28.2 Å². The molecule has 0 atom stereocenters. The van der Waals surface area contributed by atoms with E-state index in [1.165, 1.54) is 34.9 Å². The van der Waals surface area contributed by atoms with Gasteiger partial charge in [-0.15, -0.1) is 0 Å². The maximum atomic E-state index is 8.12. The van der Waals surface area contributed by atoms with Crippen LogP contribution >= 0.6 is 0 Å². The fourth-order valence-corrected chi connectivity index (χ4v) is 8.52. The summed E-state index contributed by atoms with van der Waals surface area (Å²) in [5, 5.41) is 0. The first kappa shape index (κ1) is 38.3. The number of aryl methyl sites for hydroxylation is 14. The molecule has 70 heavy (non-hydrogen) atoms. The van der Waals surface area contributed by atoms with Gasteiger partial charge < -0.3 is 0 Å². The molecule has 0 spiro atoms. The summed E-state index contributed by atoms with van der Waals surface area (Å²) < 4.78 is 107. The molecule has 8 aromatic rings. The Morgan fingerprint density at radius 3 is 1.16 bits per heavy atom. The third-order valence-electron chi connectivity index (χ3n) is 12.6. The predicted octanol–water partition coefficient (Wildman–Crippen LogP) is 14.6. The molecule has 364 valence electrons. The van der Waals surface area contributed by atoms with Crippen molar-refractivity contribution in [3.05, 3.63) is 213 Å². The van der Waals surface area contributed by atoms with Crippen molar-refractivity contribution in [2.45, 2.75) is 121 Å². The molecule has 0 bridgehead atoms. The van der Waals surface area contributed by atoms with Crippen LogP contribution in [0.15, 0.2) is 146 Å². The van der Waals surface area contributed by atoms with Gasteiger partial charge in [0.1, 0.15) is 28.2 Å². The van der Waals surface area contributed by atoms with E-state index in [4.69, 9.17) is 17.8 Å². The van der Waals surface area contributed by atoms with Gasteiger partial charge in [-0.3, -0.25) is 0 Å². The van der Waals surface area contributed by atoms with Gasteiger partial charge in [-0.25, -0.2) is 18.3 Å². The van der Waals surface area contributed by atoms with Crippen LogP contribution in [-0.2, 0) is 41.0 Å². The van der Waals surface area contributed by atoms with Gasteiger partial charge in [-0.2, -0.15) is 0 Å². The monoisotopic (exact) mass is 946 g/mol. The molecule has 4 aromatic carbocycles. The van der Waals surface area contributed by atoms with Crippen LogP contribution in [0.25, 0.3) is 45.0 Å². The van der Waals surface area contributed by atoms with Gasteiger partial charge in [0.15, 0.2) is 24.8 Å². The number of benzene rings is 4. The lowest BCUT2D eigenvalue weighted by molar-refractivity contribution is -0.661. The molecule has 0 aliphatic heterocycles. The molecule has 0 N–H and O–H groups in total. The van der Waals surface area contributed by atoms with Crippen LogP contribution < -0.4 is 18.3 Å². The van der Waals surface area contributed by atoms with Crippen molar-refractivity contribution in [1.29, 1.82) is 0 Å². The van der Waals surface area contributed by atoms with Gasteiger partial charge >= 0.3 is 0 Å². The average molecular weight is 947 g/mol. The summed E-state index contributed by atoms with van der Waals surface area (Å²) in [5.41, 5.74) is 18.9. The Morgan fingerprint density at radius 2 is 0.757 bits per heavy atom. The SMILES string of the molecule is CCc1ccc(-c2ccc(C)cc2C)[n+](C)c1.[2H]C([2H])([2H])c1ccc(-c2ccc(C([2H])(C)C)c[n+]2C)c(C)c1.[2H]C([2H])([2H])c1ccc(-c2ccc(C([2H])(C)C)cc2C)[n+](C)c1.[2H]C([2H])([2H])c1ccc(-c2ccc(C([2H])([2H])C)c[n+]2C)c(C)c1. The van der Waals surface area contributed by atoms with E-state index in [0.717, 1.165) is 68.0 Å². The highest BCUT2D eigenvalue weighted by atomic mass is 14.9. The fourth-order valence-electron chi connectivity index (χ4n) is 8.52. The number of hydrogen-bond acceptors (Lipinski definition) is 0. The van der Waals surface area contributed by atoms with Crippen LogP contribution in [0.3, 0.4) is 0 Å². The zero-order valence-electron chi connectivity index (χ0n) is 57.4. The molecule has 0 radical (unpaired) electrons. The van der Waals surface area contributed by atoms with Crippen LogP contribution in [0.1, 0.15) is 138 Å². The van der Waals surface area contributed by atoms with Crippen molar-refractivity contribution in [3.8, 4) is 45.0 Å². The second kappa shape index (κ2) is 24.9. The molecule has 0 unspecified atom stereocenters. The van der Waals surface area contributed by atoms with Crippen molar-refractivity contribution < 1.29 is 36.1 Å². The lowest BCUT2D eigenvalue weighted by Crippen LogP contribution is -2.31. The molecule has 4 nitrogen and oxygen atoms in total. The molecule has 4 heteroatoms. The number of aromatic nitrogens is 4. The minimum absolute atomic E-state index is 0.331. The van der Waals surface area contributed by atoms with Crippen LogP contribution in [-0.4, -0.2) is 0 Å². The lowest BCUT2D eigenvalue weighted by Gasteiger charge is -2.10. The molecule has 0 amide bonds. The number of nitrogens with zero attached hydrogens (tertiary/aromatic N) is 4. The lowest BCUT2D eigenvalue weighted by atomic mass is 9.96. The summed E-state index contributed by atoms with van der Waals surface area (Å²) in [6.45, 7) is 15.0. The minimum Gasteiger partial charge on any atom is -0.201 e. The summed E-state index contributed by atoms with van der Waals surface area (Å²) in [6, 6.07) is 38.5. The summed E-state index contributed by atoms with van der Waals surface area (Å²) >= 11 is 0. The molecular formula is C66H84N4+4. The highest BCUT2D eigenvalue weighted by Crippen LogP contribution is 2.27. The van der Waals surface area contributed by atoms with E-state index in [-0.39, 0.29) is 0 Å². The van der Waals surface area contributed by atoms with Gasteiger partial charge in [0.2, 0.25) is 22.8 Å². The molecule has 0 aliphatic rings. The molecule has 0 saturated heterocycles. The van der Waals surface area contributed by atoms with Gasteiger partial charge in [0.05, 0.1) is 0 Å². The highest BCUT2D eigenvalue weighted by molar-refractivity contribution is 5.64. The Labute approximate surface area is 442 Å². The van der Waals surface area contributed by atoms with E-state index in [9.17, 15) is 0 Å².